The number of fused-ring (bicyclic) bond motifs is 1. The smallest absolute Gasteiger partial charge is 0.239 e. The van der Waals surface area contributed by atoms with Gasteiger partial charge in [-0.2, -0.15) is 4.98 Å². The number of nitrogen functional groups attached to an aromatic ring is 1. The van der Waals surface area contributed by atoms with Crippen LogP contribution in [-0.4, -0.2) is 16.5 Å². The number of aromatic nitrogens is 2. The number of nitrogens with two attached hydrogens (primary N) is 1. The molecule has 0 atom stereocenters. The Morgan fingerprint density at radius 1 is 1.32 bits per heavy atom. The molecule has 1 aromatic carbocycles. The maximum Gasteiger partial charge on any atom is 0.239 e. The van der Waals surface area contributed by atoms with Crippen LogP contribution >= 0.6 is 0 Å². The summed E-state index contributed by atoms with van der Waals surface area (Å²) in [6.45, 7) is 0.538. The van der Waals surface area contributed by atoms with Crippen LogP contribution in [0.15, 0.2) is 24.4 Å². The van der Waals surface area contributed by atoms with E-state index < -0.39 is 5.82 Å². The predicted molar refractivity (Wildman–Crippen MR) is 66.9 cm³/mol. The van der Waals surface area contributed by atoms with Gasteiger partial charge < -0.3 is 4.90 Å². The molecule has 98 valence electrons. The number of hydrazine groups is 1. The Bertz CT molecular complexity index is 632. The minimum Gasteiger partial charge on any atom is -0.323 e. The van der Waals surface area contributed by atoms with E-state index in [1.54, 1.807) is 11.0 Å². The zero-order valence-corrected chi connectivity index (χ0v) is 9.90. The number of nitrogens with zero attached hydrogens (tertiary/aromatic N) is 3. The molecule has 2 aromatic rings. The van der Waals surface area contributed by atoms with Crippen molar-refractivity contribution in [2.24, 2.45) is 5.84 Å². The van der Waals surface area contributed by atoms with Crippen LogP contribution in [-0.2, 0) is 6.42 Å². The van der Waals surface area contributed by atoms with Crippen molar-refractivity contribution in [2.45, 2.75) is 6.42 Å². The minimum atomic E-state index is -0.573. The second-order valence-electron chi connectivity index (χ2n) is 4.18. The molecule has 0 bridgehead atoms. The van der Waals surface area contributed by atoms with E-state index in [0.717, 1.165) is 11.8 Å². The van der Waals surface area contributed by atoms with Gasteiger partial charge in [-0.05, 0) is 24.1 Å². The van der Waals surface area contributed by atoms with Gasteiger partial charge in [0.05, 0.1) is 6.20 Å². The number of rotatable bonds is 2. The van der Waals surface area contributed by atoms with Gasteiger partial charge in [-0.1, -0.05) is 6.07 Å². The molecule has 1 aromatic heterocycles. The molecule has 0 fully saturated rings. The summed E-state index contributed by atoms with van der Waals surface area (Å²) in [7, 11) is 0. The van der Waals surface area contributed by atoms with Crippen LogP contribution in [0.2, 0.25) is 0 Å². The summed E-state index contributed by atoms with van der Waals surface area (Å²) in [4.78, 5) is 9.28. The number of hydrogen-bond acceptors (Lipinski definition) is 5. The van der Waals surface area contributed by atoms with E-state index >= 15 is 0 Å². The van der Waals surface area contributed by atoms with Crippen LogP contribution in [0, 0.1) is 11.6 Å². The van der Waals surface area contributed by atoms with Crippen LogP contribution in [0.3, 0.4) is 0 Å². The molecule has 0 spiro atoms. The molecule has 0 aliphatic carbocycles. The van der Waals surface area contributed by atoms with E-state index in [1.165, 1.54) is 12.1 Å². The van der Waals surface area contributed by atoms with Gasteiger partial charge in [-0.3, -0.25) is 5.43 Å². The van der Waals surface area contributed by atoms with Gasteiger partial charge in [0.2, 0.25) is 5.95 Å². The summed E-state index contributed by atoms with van der Waals surface area (Å²) in [5.41, 5.74) is 3.85. The normalized spacial score (nSPS) is 13.5. The number of anilines is 3. The monoisotopic (exact) mass is 263 g/mol. The maximum absolute atomic E-state index is 13.8. The number of nitrogens with one attached hydrogen (secondary N) is 1. The van der Waals surface area contributed by atoms with Crippen molar-refractivity contribution < 1.29 is 8.78 Å². The van der Waals surface area contributed by atoms with E-state index in [0.29, 0.717) is 18.7 Å². The highest BCUT2D eigenvalue weighted by molar-refractivity contribution is 5.68. The number of hydrogen-bond donors (Lipinski definition) is 2. The lowest BCUT2D eigenvalue weighted by molar-refractivity contribution is 0.611. The van der Waals surface area contributed by atoms with E-state index in [2.05, 4.69) is 15.4 Å². The van der Waals surface area contributed by atoms with Gasteiger partial charge >= 0.3 is 0 Å². The molecule has 7 heteroatoms. The van der Waals surface area contributed by atoms with E-state index in [9.17, 15) is 8.78 Å². The van der Waals surface area contributed by atoms with Gasteiger partial charge in [0, 0.05) is 12.2 Å². The molecule has 3 rings (SSSR count). The molecule has 5 nitrogen and oxygen atoms in total. The largest absolute Gasteiger partial charge is 0.323 e. The first-order chi connectivity index (χ1) is 9.19. The molecule has 0 unspecified atom stereocenters. The third-order valence-electron chi connectivity index (χ3n) is 3.05. The van der Waals surface area contributed by atoms with Gasteiger partial charge in [-0.25, -0.2) is 19.6 Å². The summed E-state index contributed by atoms with van der Waals surface area (Å²) in [5, 5.41) is 0. The van der Waals surface area contributed by atoms with Crippen LogP contribution in [0.5, 0.6) is 0 Å². The zero-order chi connectivity index (χ0) is 13.4. The fraction of sp³-hybridized carbons (Fsp3) is 0.167. The second-order valence-corrected chi connectivity index (χ2v) is 4.18. The van der Waals surface area contributed by atoms with E-state index in [-0.39, 0.29) is 17.6 Å². The van der Waals surface area contributed by atoms with Crippen LogP contribution in [0.4, 0.5) is 26.2 Å². The van der Waals surface area contributed by atoms with Gasteiger partial charge in [0.15, 0.2) is 11.6 Å². The first-order valence-corrected chi connectivity index (χ1v) is 5.74. The lowest BCUT2D eigenvalue weighted by atomic mass is 10.2. The van der Waals surface area contributed by atoms with Crippen molar-refractivity contribution in [1.29, 1.82) is 0 Å². The van der Waals surface area contributed by atoms with Crippen molar-refractivity contribution >= 4 is 17.5 Å². The second kappa shape index (κ2) is 4.43. The first kappa shape index (κ1) is 11.8. The van der Waals surface area contributed by atoms with Gasteiger partial charge in [0.1, 0.15) is 5.82 Å². The highest BCUT2D eigenvalue weighted by Crippen LogP contribution is 2.35. The Hall–Kier alpha value is -2.28. The molecular formula is C12H11F2N5. The third-order valence-corrected chi connectivity index (χ3v) is 3.05. The summed E-state index contributed by atoms with van der Waals surface area (Å²) >= 11 is 0. The van der Waals surface area contributed by atoms with Crippen molar-refractivity contribution in [3.8, 4) is 0 Å². The molecule has 1 aliphatic rings. The van der Waals surface area contributed by atoms with Gasteiger partial charge in [-0.15, -0.1) is 0 Å². The Kier molecular flexibility index (Phi) is 2.75. The molecular weight excluding hydrogens is 252 g/mol. The average molecular weight is 263 g/mol. The summed E-state index contributed by atoms with van der Waals surface area (Å²) in [6, 6.07) is 4.47. The predicted octanol–water partition coefficient (Wildman–Crippen LogP) is 1.73. The molecule has 0 saturated heterocycles. The average Bonchev–Trinajstić information content (AvgIpc) is 2.82. The number of benzene rings is 1. The Morgan fingerprint density at radius 2 is 2.16 bits per heavy atom. The maximum atomic E-state index is 13.8. The van der Waals surface area contributed by atoms with Crippen molar-refractivity contribution in [1.82, 2.24) is 9.97 Å². The fourth-order valence-electron chi connectivity index (χ4n) is 2.19. The Balaban J connectivity index is 2.08. The third kappa shape index (κ3) is 1.97. The van der Waals surface area contributed by atoms with Crippen LogP contribution < -0.4 is 16.2 Å². The molecule has 0 radical (unpaired) electrons. The van der Waals surface area contributed by atoms with Crippen LogP contribution in [0.25, 0.3) is 0 Å². The zero-order valence-electron chi connectivity index (χ0n) is 9.90. The fourth-order valence-corrected chi connectivity index (χ4v) is 2.19. The lowest BCUT2D eigenvalue weighted by Crippen LogP contribution is -2.19. The SMILES string of the molecule is NNc1ncc(F)c(N2CCc3ccc(F)cc32)n1. The minimum absolute atomic E-state index is 0.0901. The molecule has 3 N–H and O–H groups in total. The summed E-state index contributed by atoms with van der Waals surface area (Å²) in [5.74, 6) is 4.48. The van der Waals surface area contributed by atoms with Crippen LogP contribution in [0.1, 0.15) is 5.56 Å². The van der Waals surface area contributed by atoms with E-state index in [1.807, 2.05) is 0 Å². The topological polar surface area (TPSA) is 67.1 Å². The molecule has 0 amide bonds. The summed E-state index contributed by atoms with van der Waals surface area (Å²) in [6.07, 6.45) is 1.75. The first-order valence-electron chi connectivity index (χ1n) is 5.74. The van der Waals surface area contributed by atoms with E-state index in [4.69, 9.17) is 5.84 Å². The molecule has 0 saturated carbocycles. The molecule has 19 heavy (non-hydrogen) atoms. The Morgan fingerprint density at radius 3 is 2.95 bits per heavy atom. The standard InChI is InChI=1S/C12H11F2N5/c13-8-2-1-7-3-4-19(10(7)5-8)11-9(14)6-16-12(17-11)18-15/h1-2,5-6H,3-4,15H2,(H,16,17,18). The van der Waals surface area contributed by atoms with Gasteiger partial charge in [0.25, 0.3) is 0 Å². The Labute approximate surface area is 108 Å². The van der Waals surface area contributed by atoms with Crippen molar-refractivity contribution in [2.75, 3.05) is 16.9 Å². The molecule has 1 aliphatic heterocycles. The quantitative estimate of drug-likeness (QED) is 0.638. The summed E-state index contributed by atoms with van der Waals surface area (Å²) < 4.78 is 27.1. The highest BCUT2D eigenvalue weighted by atomic mass is 19.1. The molecule has 2 heterocycles. The highest BCUT2D eigenvalue weighted by Gasteiger charge is 2.24. The van der Waals surface area contributed by atoms with Crippen molar-refractivity contribution in [3.05, 3.63) is 41.6 Å². The lowest BCUT2D eigenvalue weighted by Gasteiger charge is -2.19. The van der Waals surface area contributed by atoms with Crippen molar-refractivity contribution in [3.63, 3.8) is 0 Å². The number of halogens is 2.